The molecule has 0 saturated carbocycles. The van der Waals surface area contributed by atoms with Crippen LogP contribution in [0.2, 0.25) is 0 Å². The van der Waals surface area contributed by atoms with Crippen molar-refractivity contribution in [1.82, 2.24) is 0 Å². The average molecular weight is 209 g/mol. The van der Waals surface area contributed by atoms with Crippen LogP contribution in [0, 0.1) is 0 Å². The zero-order valence-corrected chi connectivity index (χ0v) is 7.05. The Kier molecular flexibility index (Phi) is 4.53. The molecule has 0 saturated heterocycles. The summed E-state index contributed by atoms with van der Waals surface area (Å²) in [5, 5.41) is 7.98. The molecule has 0 unspecified atom stereocenters. The first-order valence-electron chi connectivity index (χ1n) is 1.81. The Hall–Kier alpha value is 0.229. The summed E-state index contributed by atoms with van der Waals surface area (Å²) in [6.45, 7) is 0.359. The van der Waals surface area contributed by atoms with Crippen LogP contribution >= 0.6 is 0 Å². The maximum atomic E-state index is 9.69. The van der Waals surface area contributed by atoms with E-state index in [-0.39, 0.29) is 6.42 Å². The van der Waals surface area contributed by atoms with Gasteiger partial charge in [-0.25, -0.2) is 0 Å². The summed E-state index contributed by atoms with van der Waals surface area (Å²) in [7, 11) is 0. The van der Waals surface area contributed by atoms with Gasteiger partial charge in [-0.2, -0.15) is 0 Å². The number of carboxylic acids is 1. The molecule has 0 aliphatic rings. The van der Waals surface area contributed by atoms with Gasteiger partial charge in [0.1, 0.15) is 0 Å². The van der Waals surface area contributed by atoms with E-state index in [1.54, 1.807) is 0 Å². The molecule has 0 aromatic rings. The van der Waals surface area contributed by atoms with Crippen molar-refractivity contribution >= 4 is 28.9 Å². The van der Waals surface area contributed by atoms with Gasteiger partial charge in [0.15, 0.2) is 0 Å². The summed E-state index contributed by atoms with van der Waals surface area (Å²) in [4.78, 5) is 9.69. The quantitative estimate of drug-likeness (QED) is 0.624. The summed E-state index contributed by atoms with van der Waals surface area (Å²) in [6.07, 6.45) is 0.126. The monoisotopic (exact) mass is 210 g/mol. The van der Waals surface area contributed by atoms with E-state index < -0.39 is 5.97 Å². The summed E-state index contributed by atoms with van der Waals surface area (Å²) in [5.41, 5.74) is 0. The molecule has 2 radical (unpaired) electrons. The second-order valence-electron chi connectivity index (χ2n) is 1.01. The van der Waals surface area contributed by atoms with Gasteiger partial charge < -0.3 is 0 Å². The maximum absolute atomic E-state index is 9.69. The predicted octanol–water partition coefficient (Wildman–Crippen LogP) is -0.707. The fourth-order valence-corrected chi connectivity index (χ4v) is 0.483. The molecule has 0 spiro atoms. The average Bonchev–Trinajstić information content (AvgIpc) is 1.61. The van der Waals surface area contributed by atoms with E-state index in [9.17, 15) is 4.79 Å². The van der Waals surface area contributed by atoms with Crippen molar-refractivity contribution in [2.24, 2.45) is 0 Å². The molecule has 0 aromatic carbocycles. The Balaban J connectivity index is 2.82. The van der Waals surface area contributed by atoms with Crippen LogP contribution in [0.1, 0.15) is 6.42 Å². The molecular formula is C3H6O3Sn. The Morgan fingerprint density at radius 3 is 2.57 bits per heavy atom. The number of rotatable bonds is 3. The van der Waals surface area contributed by atoms with Crippen molar-refractivity contribution in [3.05, 3.63) is 0 Å². The van der Waals surface area contributed by atoms with E-state index in [1.807, 2.05) is 0 Å². The van der Waals surface area contributed by atoms with Crippen LogP contribution < -0.4 is 0 Å². The van der Waals surface area contributed by atoms with Crippen LogP contribution in [0.25, 0.3) is 0 Å². The van der Waals surface area contributed by atoms with Crippen molar-refractivity contribution < 1.29 is 13.0 Å². The molecule has 3 nitrogen and oxygen atoms in total. The number of hydrogen-bond donors (Lipinski definition) is 1. The zero-order valence-electron chi connectivity index (χ0n) is 3.76. The molecule has 0 aromatic heterocycles. The van der Waals surface area contributed by atoms with Gasteiger partial charge in [0, 0.05) is 0 Å². The standard InChI is InChI=1S/C3H5O3.Sn.H/c4-2-1-3(5)6;;/h1-2H2,(H,5,6);;/q-1;+1;. The third-order valence-electron chi connectivity index (χ3n) is 0.434. The molecule has 0 aliphatic carbocycles. The molecule has 7 heavy (non-hydrogen) atoms. The fourth-order valence-electron chi connectivity index (χ4n) is 0.146. The molecule has 0 heterocycles. The molecule has 0 aliphatic heterocycles. The summed E-state index contributed by atoms with van der Waals surface area (Å²) in [6, 6.07) is 0. The van der Waals surface area contributed by atoms with E-state index in [0.717, 1.165) is 0 Å². The number of carboxylic acid groups (broad SMARTS) is 1. The second-order valence-corrected chi connectivity index (χ2v) is 1.97. The molecule has 0 bridgehead atoms. The van der Waals surface area contributed by atoms with Crippen LogP contribution in [0.4, 0.5) is 0 Å². The molecule has 0 fully saturated rings. The Morgan fingerprint density at radius 1 is 1.86 bits per heavy atom. The number of carbonyl (C=O) groups is 1. The minimum absolute atomic E-state index is 0.126. The molecule has 4 heteroatoms. The van der Waals surface area contributed by atoms with Crippen LogP contribution in [0.15, 0.2) is 0 Å². The first-order chi connectivity index (χ1) is 3.27. The van der Waals surface area contributed by atoms with Crippen LogP contribution in [0.3, 0.4) is 0 Å². The minimum atomic E-state index is -0.797. The van der Waals surface area contributed by atoms with Crippen molar-refractivity contribution in [3.8, 4) is 0 Å². The number of aliphatic carboxylic acids is 1. The second kappa shape index (κ2) is 4.39. The molecule has 0 rings (SSSR count). The van der Waals surface area contributed by atoms with Gasteiger partial charge in [-0.15, -0.1) is 0 Å². The van der Waals surface area contributed by atoms with E-state index in [2.05, 4.69) is 3.07 Å². The van der Waals surface area contributed by atoms with Gasteiger partial charge >= 0.3 is 54.9 Å². The van der Waals surface area contributed by atoms with E-state index >= 15 is 0 Å². The Labute approximate surface area is 55.3 Å². The molecular weight excluding hydrogens is 203 g/mol. The third kappa shape index (κ3) is 6.23. The molecule has 0 atom stereocenters. The van der Waals surface area contributed by atoms with Gasteiger partial charge in [-0.3, -0.25) is 0 Å². The molecule has 0 amide bonds. The molecule has 40 valence electrons. The normalized spacial score (nSPS) is 8.71. The first-order valence-corrected chi connectivity index (χ1v) is 3.15. The van der Waals surface area contributed by atoms with Crippen molar-refractivity contribution in [1.29, 1.82) is 0 Å². The summed E-state index contributed by atoms with van der Waals surface area (Å²) < 4.78 is 4.60. The SMILES string of the molecule is O=C(O)CC[O][SnH]. The first kappa shape index (κ1) is 7.23. The predicted molar refractivity (Wildman–Crippen MR) is 25.4 cm³/mol. The van der Waals surface area contributed by atoms with Gasteiger partial charge in [-0.05, 0) is 0 Å². The van der Waals surface area contributed by atoms with Crippen molar-refractivity contribution in [3.63, 3.8) is 0 Å². The topological polar surface area (TPSA) is 46.5 Å². The van der Waals surface area contributed by atoms with Crippen LogP contribution in [-0.4, -0.2) is 40.6 Å². The van der Waals surface area contributed by atoms with E-state index in [1.165, 1.54) is 0 Å². The van der Waals surface area contributed by atoms with Gasteiger partial charge in [0.05, 0.1) is 0 Å². The van der Waals surface area contributed by atoms with Crippen molar-refractivity contribution in [2.75, 3.05) is 6.61 Å². The van der Waals surface area contributed by atoms with Gasteiger partial charge in [0.25, 0.3) is 0 Å². The number of hydrogen-bond acceptors (Lipinski definition) is 2. The third-order valence-corrected chi connectivity index (χ3v) is 1.11. The van der Waals surface area contributed by atoms with E-state index in [0.29, 0.717) is 29.5 Å². The Morgan fingerprint density at radius 2 is 2.43 bits per heavy atom. The van der Waals surface area contributed by atoms with Crippen molar-refractivity contribution in [2.45, 2.75) is 6.42 Å². The van der Waals surface area contributed by atoms with Crippen LogP contribution in [0.5, 0.6) is 0 Å². The molecule has 1 N–H and O–H groups in total. The summed E-state index contributed by atoms with van der Waals surface area (Å²) in [5.74, 6) is -0.797. The zero-order chi connectivity index (χ0) is 5.70. The van der Waals surface area contributed by atoms with Gasteiger partial charge in [0.2, 0.25) is 0 Å². The van der Waals surface area contributed by atoms with E-state index in [4.69, 9.17) is 5.11 Å². The Bertz CT molecular complexity index is 63.2. The summed E-state index contributed by atoms with van der Waals surface area (Å²) >= 11 is 0.685. The van der Waals surface area contributed by atoms with Crippen LogP contribution in [-0.2, 0) is 7.87 Å². The van der Waals surface area contributed by atoms with Gasteiger partial charge in [-0.1, -0.05) is 0 Å². The fraction of sp³-hybridized carbons (Fsp3) is 0.667.